The first-order valence-electron chi connectivity index (χ1n) is 4.58. The molecule has 90 valence electrons. The van der Waals surface area contributed by atoms with E-state index in [2.05, 4.69) is 13.2 Å². The number of amides is 1. The van der Waals surface area contributed by atoms with Crippen molar-refractivity contribution in [3.05, 3.63) is 25.3 Å². The van der Waals surface area contributed by atoms with Gasteiger partial charge in [-0.1, -0.05) is 13.2 Å². The van der Waals surface area contributed by atoms with Crippen LogP contribution in [0.25, 0.3) is 0 Å². The molecule has 0 aliphatic rings. The third kappa shape index (κ3) is 4.24. The predicted octanol–water partition coefficient (Wildman–Crippen LogP) is -0.959. The smallest absolute Gasteiger partial charge is 0.332 e. The fourth-order valence-electron chi connectivity index (χ4n) is 1.00. The number of hydrogen-bond acceptors (Lipinski definition) is 5. The van der Waals surface area contributed by atoms with Gasteiger partial charge in [0.1, 0.15) is 0 Å². The van der Waals surface area contributed by atoms with Crippen LogP contribution in [0.3, 0.4) is 0 Å². The number of carbonyl (C=O) groups excluding carboxylic acids is 2. The summed E-state index contributed by atoms with van der Waals surface area (Å²) in [5.74, 6) is -1.32. The Morgan fingerprint density at radius 3 is 2.31 bits per heavy atom. The highest BCUT2D eigenvalue weighted by atomic mass is 16.6. The summed E-state index contributed by atoms with van der Waals surface area (Å²) in [6.45, 7) is 5.50. The van der Waals surface area contributed by atoms with Gasteiger partial charge in [0.05, 0.1) is 13.2 Å². The zero-order valence-corrected chi connectivity index (χ0v) is 8.83. The minimum Gasteiger partial charge on any atom is -0.436 e. The third-order valence-corrected chi connectivity index (χ3v) is 1.72. The average molecular weight is 229 g/mol. The molecular weight excluding hydrogens is 214 g/mol. The van der Waals surface area contributed by atoms with Crippen LogP contribution in [0.15, 0.2) is 25.3 Å². The molecule has 16 heavy (non-hydrogen) atoms. The molecule has 6 heteroatoms. The molecule has 2 N–H and O–H groups in total. The van der Waals surface area contributed by atoms with Crippen LogP contribution >= 0.6 is 0 Å². The van der Waals surface area contributed by atoms with Crippen molar-refractivity contribution in [3.8, 4) is 0 Å². The fourth-order valence-corrected chi connectivity index (χ4v) is 1.00. The minimum atomic E-state index is -1.15. The van der Waals surface area contributed by atoms with Crippen LogP contribution in [0, 0.1) is 0 Å². The van der Waals surface area contributed by atoms with Crippen LogP contribution in [0.1, 0.15) is 0 Å². The number of aliphatic hydroxyl groups excluding tert-OH is 2. The fraction of sp³-hybridized carbons (Fsp3) is 0.400. The number of rotatable bonds is 7. The van der Waals surface area contributed by atoms with Crippen molar-refractivity contribution < 1.29 is 24.5 Å². The van der Waals surface area contributed by atoms with Crippen molar-refractivity contribution in [2.24, 2.45) is 0 Å². The van der Waals surface area contributed by atoms with Crippen molar-refractivity contribution in [1.29, 1.82) is 0 Å². The zero-order chi connectivity index (χ0) is 12.6. The number of carbonyl (C=O) groups is 2. The Labute approximate surface area is 93.4 Å². The van der Waals surface area contributed by atoms with Gasteiger partial charge in [-0.25, -0.2) is 4.79 Å². The molecule has 0 aromatic carbocycles. The van der Waals surface area contributed by atoms with Gasteiger partial charge >= 0.3 is 5.97 Å². The third-order valence-electron chi connectivity index (χ3n) is 1.72. The monoisotopic (exact) mass is 229 g/mol. The lowest BCUT2D eigenvalue weighted by molar-refractivity contribution is -0.163. The van der Waals surface area contributed by atoms with E-state index in [9.17, 15) is 9.59 Å². The van der Waals surface area contributed by atoms with E-state index in [1.54, 1.807) is 0 Å². The molecule has 0 radical (unpaired) electrons. The van der Waals surface area contributed by atoms with Crippen molar-refractivity contribution in [2.45, 2.75) is 6.23 Å². The van der Waals surface area contributed by atoms with Gasteiger partial charge in [-0.05, 0) is 6.08 Å². The maximum absolute atomic E-state index is 11.3. The first-order chi connectivity index (χ1) is 7.60. The molecule has 0 saturated carbocycles. The SMILES string of the molecule is C=CC(=O)OC(CO)N(CCO)C(=O)C=C. The summed E-state index contributed by atoms with van der Waals surface area (Å²) in [4.78, 5) is 23.3. The Bertz CT molecular complexity index is 276. The average Bonchev–Trinajstić information content (AvgIpc) is 2.32. The lowest BCUT2D eigenvalue weighted by Gasteiger charge is -2.28. The van der Waals surface area contributed by atoms with Crippen molar-refractivity contribution in [2.75, 3.05) is 19.8 Å². The van der Waals surface area contributed by atoms with Crippen LogP contribution in [-0.4, -0.2) is 53.0 Å². The van der Waals surface area contributed by atoms with E-state index < -0.39 is 24.7 Å². The van der Waals surface area contributed by atoms with Gasteiger partial charge in [0, 0.05) is 12.6 Å². The van der Waals surface area contributed by atoms with Gasteiger partial charge in [0.25, 0.3) is 0 Å². The van der Waals surface area contributed by atoms with Gasteiger partial charge in [0.2, 0.25) is 12.1 Å². The molecule has 0 saturated heterocycles. The standard InChI is InChI=1S/C10H15NO5/c1-3-8(14)11(5-6-12)9(7-13)16-10(15)4-2/h3-4,9,12-13H,1-2,5-7H2. The second-order valence-corrected chi connectivity index (χ2v) is 2.74. The molecular formula is C10H15NO5. The first kappa shape index (κ1) is 14.3. The van der Waals surface area contributed by atoms with Crippen molar-refractivity contribution in [3.63, 3.8) is 0 Å². The Hall–Kier alpha value is -1.66. The molecule has 0 rings (SSSR count). The maximum atomic E-state index is 11.3. The molecule has 0 heterocycles. The minimum absolute atomic E-state index is 0.0689. The molecule has 0 aromatic rings. The highest BCUT2D eigenvalue weighted by Crippen LogP contribution is 2.03. The molecule has 1 amide bonds. The number of esters is 1. The molecule has 0 aliphatic heterocycles. The molecule has 0 spiro atoms. The zero-order valence-electron chi connectivity index (χ0n) is 8.83. The Balaban J connectivity index is 4.68. The highest BCUT2D eigenvalue weighted by molar-refractivity contribution is 5.87. The van der Waals surface area contributed by atoms with Crippen LogP contribution in [0.5, 0.6) is 0 Å². The van der Waals surface area contributed by atoms with Crippen LogP contribution in [0.4, 0.5) is 0 Å². The lowest BCUT2D eigenvalue weighted by Crippen LogP contribution is -2.45. The van der Waals surface area contributed by atoms with Crippen molar-refractivity contribution in [1.82, 2.24) is 4.90 Å². The number of aliphatic hydroxyl groups is 2. The van der Waals surface area contributed by atoms with E-state index in [1.807, 2.05) is 0 Å². The molecule has 1 atom stereocenters. The maximum Gasteiger partial charge on any atom is 0.332 e. The molecule has 0 bridgehead atoms. The Morgan fingerprint density at radius 1 is 1.31 bits per heavy atom. The number of nitrogens with zero attached hydrogens (tertiary/aromatic N) is 1. The normalized spacial score (nSPS) is 11.4. The van der Waals surface area contributed by atoms with Crippen LogP contribution < -0.4 is 0 Å². The van der Waals surface area contributed by atoms with Gasteiger partial charge in [-0.15, -0.1) is 0 Å². The summed E-state index contributed by atoms with van der Waals surface area (Å²) >= 11 is 0. The molecule has 6 nitrogen and oxygen atoms in total. The molecule has 1 unspecified atom stereocenters. The van der Waals surface area contributed by atoms with E-state index in [0.717, 1.165) is 17.1 Å². The van der Waals surface area contributed by atoms with Crippen LogP contribution in [-0.2, 0) is 14.3 Å². The highest BCUT2D eigenvalue weighted by Gasteiger charge is 2.23. The van der Waals surface area contributed by atoms with E-state index in [1.165, 1.54) is 0 Å². The summed E-state index contributed by atoms with van der Waals surface area (Å²) in [6.07, 6.45) is 0.765. The van der Waals surface area contributed by atoms with E-state index in [4.69, 9.17) is 14.9 Å². The molecule has 0 fully saturated rings. The topological polar surface area (TPSA) is 87.1 Å². The second-order valence-electron chi connectivity index (χ2n) is 2.74. The van der Waals surface area contributed by atoms with E-state index in [0.29, 0.717) is 0 Å². The summed E-state index contributed by atoms with van der Waals surface area (Å²) in [5.41, 5.74) is 0. The summed E-state index contributed by atoms with van der Waals surface area (Å²) in [5, 5.41) is 17.7. The van der Waals surface area contributed by atoms with Gasteiger partial charge in [-0.2, -0.15) is 0 Å². The summed E-state index contributed by atoms with van der Waals surface area (Å²) in [7, 11) is 0. The Kier molecular flexibility index (Phi) is 6.82. The van der Waals surface area contributed by atoms with Crippen LogP contribution in [0.2, 0.25) is 0 Å². The summed E-state index contributed by atoms with van der Waals surface area (Å²) in [6, 6.07) is 0. The molecule has 0 aromatic heterocycles. The first-order valence-corrected chi connectivity index (χ1v) is 4.58. The number of ether oxygens (including phenoxy) is 1. The van der Waals surface area contributed by atoms with Gasteiger partial charge in [-0.3, -0.25) is 9.69 Å². The van der Waals surface area contributed by atoms with E-state index >= 15 is 0 Å². The predicted molar refractivity (Wildman–Crippen MR) is 56.2 cm³/mol. The largest absolute Gasteiger partial charge is 0.436 e. The Morgan fingerprint density at radius 2 is 1.94 bits per heavy atom. The lowest BCUT2D eigenvalue weighted by atomic mass is 10.4. The number of hydrogen-bond donors (Lipinski definition) is 2. The molecule has 0 aliphatic carbocycles. The second kappa shape index (κ2) is 7.61. The van der Waals surface area contributed by atoms with E-state index in [-0.39, 0.29) is 13.2 Å². The van der Waals surface area contributed by atoms with Gasteiger partial charge in [0.15, 0.2) is 0 Å². The quantitative estimate of drug-likeness (QED) is 0.333. The van der Waals surface area contributed by atoms with Gasteiger partial charge < -0.3 is 14.9 Å². The van der Waals surface area contributed by atoms with Crippen molar-refractivity contribution >= 4 is 11.9 Å². The summed E-state index contributed by atoms with van der Waals surface area (Å²) < 4.78 is 4.73.